The summed E-state index contributed by atoms with van der Waals surface area (Å²) >= 11 is 0. The largest absolute Gasteiger partial charge is 0.494 e. The standard InChI is InChI=1S/C15H21N3O2/c1-2-19-13-8-6-7-12(11-13)15-17-14(20-18-15)9-4-3-5-10-16/h6-8,11H,2-5,9-10,16H2,1H3. The van der Waals surface area contributed by atoms with Crippen LogP contribution in [0.15, 0.2) is 28.8 Å². The van der Waals surface area contributed by atoms with Crippen LogP contribution in [0.25, 0.3) is 11.4 Å². The molecule has 0 saturated heterocycles. The van der Waals surface area contributed by atoms with Crippen molar-refractivity contribution in [1.29, 1.82) is 0 Å². The lowest BCUT2D eigenvalue weighted by Gasteiger charge is -2.02. The van der Waals surface area contributed by atoms with Gasteiger partial charge in [0.2, 0.25) is 11.7 Å². The molecule has 0 bridgehead atoms. The van der Waals surface area contributed by atoms with E-state index in [2.05, 4.69) is 10.1 Å². The fourth-order valence-corrected chi connectivity index (χ4v) is 1.96. The Morgan fingerprint density at radius 1 is 1.25 bits per heavy atom. The number of rotatable bonds is 8. The van der Waals surface area contributed by atoms with E-state index in [1.165, 1.54) is 0 Å². The first-order valence-corrected chi connectivity index (χ1v) is 7.09. The van der Waals surface area contributed by atoms with Gasteiger partial charge in [-0.1, -0.05) is 23.7 Å². The lowest BCUT2D eigenvalue weighted by molar-refractivity contribution is 0.340. The minimum Gasteiger partial charge on any atom is -0.494 e. The Bertz CT molecular complexity index is 525. The molecule has 0 fully saturated rings. The van der Waals surface area contributed by atoms with Crippen LogP contribution in [-0.2, 0) is 6.42 Å². The summed E-state index contributed by atoms with van der Waals surface area (Å²) in [6, 6.07) is 7.72. The molecule has 0 unspecified atom stereocenters. The summed E-state index contributed by atoms with van der Waals surface area (Å²) < 4.78 is 10.7. The lowest BCUT2D eigenvalue weighted by Crippen LogP contribution is -1.98. The van der Waals surface area contributed by atoms with Gasteiger partial charge in [0.05, 0.1) is 6.61 Å². The van der Waals surface area contributed by atoms with E-state index in [1.54, 1.807) is 0 Å². The van der Waals surface area contributed by atoms with Gasteiger partial charge in [0.15, 0.2) is 0 Å². The van der Waals surface area contributed by atoms with Crippen molar-refractivity contribution in [1.82, 2.24) is 10.1 Å². The van der Waals surface area contributed by atoms with E-state index in [0.717, 1.165) is 43.5 Å². The normalized spacial score (nSPS) is 10.7. The zero-order valence-electron chi connectivity index (χ0n) is 11.8. The Morgan fingerprint density at radius 2 is 2.15 bits per heavy atom. The van der Waals surface area contributed by atoms with Crippen LogP contribution >= 0.6 is 0 Å². The molecule has 20 heavy (non-hydrogen) atoms. The molecule has 0 spiro atoms. The number of nitrogens with zero attached hydrogens (tertiary/aromatic N) is 2. The molecule has 5 nitrogen and oxygen atoms in total. The van der Waals surface area contributed by atoms with Gasteiger partial charge in [0, 0.05) is 12.0 Å². The van der Waals surface area contributed by atoms with Gasteiger partial charge >= 0.3 is 0 Å². The van der Waals surface area contributed by atoms with Gasteiger partial charge in [-0.15, -0.1) is 0 Å². The molecule has 1 aromatic carbocycles. The highest BCUT2D eigenvalue weighted by Gasteiger charge is 2.09. The summed E-state index contributed by atoms with van der Waals surface area (Å²) in [4.78, 5) is 4.41. The van der Waals surface area contributed by atoms with Crippen LogP contribution in [0.5, 0.6) is 5.75 Å². The second-order valence-corrected chi connectivity index (χ2v) is 4.57. The Kier molecular flexibility index (Phi) is 5.55. The quantitative estimate of drug-likeness (QED) is 0.750. The Balaban J connectivity index is 1.99. The van der Waals surface area contributed by atoms with Gasteiger partial charge in [0.1, 0.15) is 5.75 Å². The number of hydrogen-bond donors (Lipinski definition) is 1. The van der Waals surface area contributed by atoms with Crippen molar-refractivity contribution in [2.45, 2.75) is 32.6 Å². The molecule has 2 aromatic rings. The molecular formula is C15H21N3O2. The Hall–Kier alpha value is -1.88. The third-order valence-corrected chi connectivity index (χ3v) is 2.97. The molecule has 0 aliphatic heterocycles. The predicted octanol–water partition coefficient (Wildman–Crippen LogP) is 2.81. The van der Waals surface area contributed by atoms with Crippen LogP contribution in [0.2, 0.25) is 0 Å². The van der Waals surface area contributed by atoms with Crippen molar-refractivity contribution in [3.63, 3.8) is 0 Å². The molecule has 0 aliphatic carbocycles. The van der Waals surface area contributed by atoms with Gasteiger partial charge in [-0.25, -0.2) is 0 Å². The molecule has 2 rings (SSSR count). The highest BCUT2D eigenvalue weighted by Crippen LogP contribution is 2.21. The molecule has 108 valence electrons. The molecule has 1 heterocycles. The summed E-state index contributed by atoms with van der Waals surface area (Å²) in [5.74, 6) is 2.11. The van der Waals surface area contributed by atoms with E-state index >= 15 is 0 Å². The maximum atomic E-state index is 5.47. The number of benzene rings is 1. The number of ether oxygens (including phenoxy) is 1. The van der Waals surface area contributed by atoms with E-state index in [9.17, 15) is 0 Å². The molecule has 5 heteroatoms. The highest BCUT2D eigenvalue weighted by molar-refractivity contribution is 5.56. The van der Waals surface area contributed by atoms with Crippen LogP contribution in [-0.4, -0.2) is 23.3 Å². The van der Waals surface area contributed by atoms with Crippen LogP contribution in [0, 0.1) is 0 Å². The minimum atomic E-state index is 0.611. The summed E-state index contributed by atoms with van der Waals surface area (Å²) in [5, 5.41) is 4.02. The fourth-order valence-electron chi connectivity index (χ4n) is 1.96. The summed E-state index contributed by atoms with van der Waals surface area (Å²) in [6.45, 7) is 3.34. The van der Waals surface area contributed by atoms with Crippen molar-refractivity contribution in [3.8, 4) is 17.1 Å². The Morgan fingerprint density at radius 3 is 2.95 bits per heavy atom. The lowest BCUT2D eigenvalue weighted by atomic mass is 10.2. The zero-order chi connectivity index (χ0) is 14.2. The van der Waals surface area contributed by atoms with Crippen LogP contribution in [0.3, 0.4) is 0 Å². The maximum absolute atomic E-state index is 5.47. The average molecular weight is 275 g/mol. The Labute approximate surface area is 119 Å². The summed E-state index contributed by atoms with van der Waals surface area (Å²) in [7, 11) is 0. The third kappa shape index (κ3) is 4.06. The van der Waals surface area contributed by atoms with Crippen molar-refractivity contribution in [3.05, 3.63) is 30.2 Å². The molecule has 0 amide bonds. The smallest absolute Gasteiger partial charge is 0.226 e. The third-order valence-electron chi connectivity index (χ3n) is 2.97. The van der Waals surface area contributed by atoms with Crippen molar-refractivity contribution in [2.24, 2.45) is 5.73 Å². The van der Waals surface area contributed by atoms with Crippen LogP contribution in [0.1, 0.15) is 32.1 Å². The number of nitrogens with two attached hydrogens (primary N) is 1. The van der Waals surface area contributed by atoms with Gasteiger partial charge in [0.25, 0.3) is 0 Å². The van der Waals surface area contributed by atoms with E-state index in [0.29, 0.717) is 18.3 Å². The molecule has 2 N–H and O–H groups in total. The van der Waals surface area contributed by atoms with E-state index in [-0.39, 0.29) is 0 Å². The van der Waals surface area contributed by atoms with E-state index < -0.39 is 0 Å². The first-order valence-electron chi connectivity index (χ1n) is 7.09. The van der Waals surface area contributed by atoms with Gasteiger partial charge in [-0.2, -0.15) is 4.98 Å². The molecule has 0 aliphatic rings. The zero-order valence-corrected chi connectivity index (χ0v) is 11.8. The fraction of sp³-hybridized carbons (Fsp3) is 0.467. The molecule has 1 aromatic heterocycles. The predicted molar refractivity (Wildman–Crippen MR) is 77.5 cm³/mol. The minimum absolute atomic E-state index is 0.611. The van der Waals surface area contributed by atoms with Gasteiger partial charge in [-0.05, 0) is 38.4 Å². The van der Waals surface area contributed by atoms with Gasteiger partial charge in [-0.3, -0.25) is 0 Å². The first-order chi connectivity index (χ1) is 9.83. The highest BCUT2D eigenvalue weighted by atomic mass is 16.5. The SMILES string of the molecule is CCOc1cccc(-c2noc(CCCCCN)n2)c1. The summed E-state index contributed by atoms with van der Waals surface area (Å²) in [5.41, 5.74) is 6.37. The number of aromatic nitrogens is 2. The molecule has 0 atom stereocenters. The summed E-state index contributed by atoms with van der Waals surface area (Å²) in [6.07, 6.45) is 3.96. The van der Waals surface area contributed by atoms with Crippen molar-refractivity contribution < 1.29 is 9.26 Å². The molecule has 0 radical (unpaired) electrons. The second kappa shape index (κ2) is 7.65. The number of aryl methyl sites for hydroxylation is 1. The van der Waals surface area contributed by atoms with Crippen LogP contribution < -0.4 is 10.5 Å². The molecule has 0 saturated carbocycles. The monoisotopic (exact) mass is 275 g/mol. The van der Waals surface area contributed by atoms with Crippen molar-refractivity contribution >= 4 is 0 Å². The average Bonchev–Trinajstić information content (AvgIpc) is 2.93. The van der Waals surface area contributed by atoms with Crippen LogP contribution in [0.4, 0.5) is 0 Å². The van der Waals surface area contributed by atoms with E-state index in [4.69, 9.17) is 15.0 Å². The first kappa shape index (κ1) is 14.5. The number of unbranched alkanes of at least 4 members (excludes halogenated alkanes) is 2. The van der Waals surface area contributed by atoms with Gasteiger partial charge < -0.3 is 15.0 Å². The molecular weight excluding hydrogens is 254 g/mol. The van der Waals surface area contributed by atoms with Crippen molar-refractivity contribution in [2.75, 3.05) is 13.2 Å². The topological polar surface area (TPSA) is 74.2 Å². The number of hydrogen-bond acceptors (Lipinski definition) is 5. The van der Waals surface area contributed by atoms with E-state index in [1.807, 2.05) is 31.2 Å². The maximum Gasteiger partial charge on any atom is 0.226 e. The second-order valence-electron chi connectivity index (χ2n) is 4.57.